The summed E-state index contributed by atoms with van der Waals surface area (Å²) in [6.45, 7) is 5.33. The lowest BCUT2D eigenvalue weighted by Gasteiger charge is -2.29. The van der Waals surface area contributed by atoms with Crippen molar-refractivity contribution in [3.8, 4) is 11.5 Å². The van der Waals surface area contributed by atoms with Gasteiger partial charge in [-0.3, -0.25) is 9.10 Å². The van der Waals surface area contributed by atoms with Crippen LogP contribution < -0.4 is 13.8 Å². The van der Waals surface area contributed by atoms with E-state index in [1.54, 1.807) is 11.8 Å². The van der Waals surface area contributed by atoms with Gasteiger partial charge in [0, 0.05) is 21.4 Å². The van der Waals surface area contributed by atoms with E-state index in [0.717, 1.165) is 32.1 Å². The van der Waals surface area contributed by atoms with E-state index < -0.39 is 0 Å². The molecule has 2 aliphatic heterocycles. The third-order valence-corrected chi connectivity index (χ3v) is 11.3. The number of rotatable bonds is 4. The molecule has 0 atom stereocenters. The minimum absolute atomic E-state index is 0.0327. The van der Waals surface area contributed by atoms with Gasteiger partial charge in [-0.2, -0.15) is 0 Å². The Morgan fingerprint density at radius 3 is 2.65 bits per heavy atom. The summed E-state index contributed by atoms with van der Waals surface area (Å²) in [6, 6.07) is 13.4. The number of hydrogen-bond donors (Lipinski definition) is 0. The van der Waals surface area contributed by atoms with E-state index in [-0.39, 0.29) is 25.8 Å². The summed E-state index contributed by atoms with van der Waals surface area (Å²) in [5.74, 6) is 1.48. The number of alkyl halides is 1. The van der Waals surface area contributed by atoms with Crippen molar-refractivity contribution in [2.24, 2.45) is 0 Å². The van der Waals surface area contributed by atoms with E-state index in [0.29, 0.717) is 18.2 Å². The van der Waals surface area contributed by atoms with Crippen LogP contribution in [0.4, 0.5) is 5.69 Å². The molecule has 4 nitrogen and oxygen atoms in total. The van der Waals surface area contributed by atoms with Crippen LogP contribution in [0.5, 0.6) is 11.5 Å². The molecule has 2 aromatic carbocycles. The number of nitrogens with zero attached hydrogens (tertiary/aromatic N) is 1. The summed E-state index contributed by atoms with van der Waals surface area (Å²) in [5, 5.41) is 0.718. The van der Waals surface area contributed by atoms with E-state index in [1.807, 2.05) is 48.5 Å². The van der Waals surface area contributed by atoms with E-state index in [2.05, 4.69) is 24.2 Å². The van der Waals surface area contributed by atoms with E-state index >= 15 is 0 Å². The topological polar surface area (TPSA) is 38.8 Å². The number of fused-ring (bicyclic) bond motifs is 1. The van der Waals surface area contributed by atoms with Crippen LogP contribution in [0.2, 0.25) is 5.02 Å². The second-order valence-corrected chi connectivity index (χ2v) is 12.5. The van der Waals surface area contributed by atoms with Gasteiger partial charge in [0.15, 0.2) is 11.5 Å². The summed E-state index contributed by atoms with van der Waals surface area (Å²) in [6.07, 6.45) is 4.11. The number of carbonyl (C=O) groups excluding carboxylic acids is 1. The molecule has 31 heavy (non-hydrogen) atoms. The second kappa shape index (κ2) is 10.5. The highest BCUT2D eigenvalue weighted by Crippen LogP contribution is 2.43. The van der Waals surface area contributed by atoms with Crippen LogP contribution in [0.15, 0.2) is 59.0 Å². The Hall–Kier alpha value is -1.42. The highest BCUT2D eigenvalue weighted by molar-refractivity contribution is 14.2. The number of halogens is 2. The largest absolute Gasteiger partial charge is 0.486 e. The van der Waals surface area contributed by atoms with E-state index in [9.17, 15) is 4.79 Å². The van der Waals surface area contributed by atoms with Crippen LogP contribution in [-0.2, 0) is 4.79 Å². The van der Waals surface area contributed by atoms with Gasteiger partial charge in [-0.05, 0) is 61.9 Å². The minimum atomic E-state index is -0.302. The van der Waals surface area contributed by atoms with Crippen molar-refractivity contribution < 1.29 is 14.3 Å². The number of allylic oxidation sites excluding steroid dienone is 2. The predicted molar refractivity (Wildman–Crippen MR) is 143 cm³/mol. The van der Waals surface area contributed by atoms with Crippen LogP contribution in [-0.4, -0.2) is 25.7 Å². The Labute approximate surface area is 205 Å². The molecule has 0 aromatic heterocycles. The van der Waals surface area contributed by atoms with Gasteiger partial charge in [-0.15, -0.1) is 0 Å². The van der Waals surface area contributed by atoms with Crippen molar-refractivity contribution in [3.05, 3.63) is 69.6 Å². The number of carbonyl (C=O) groups is 1. The summed E-state index contributed by atoms with van der Waals surface area (Å²) >= 11 is 8.59. The molecule has 2 aliphatic rings. The Balaban J connectivity index is 1.64. The first-order chi connectivity index (χ1) is 15.0. The fraction of sp³-hybridized carbons (Fsp3) is 0.217. The van der Waals surface area contributed by atoms with E-state index in [4.69, 9.17) is 21.1 Å². The lowest BCUT2D eigenvalue weighted by Crippen LogP contribution is -2.27. The first kappa shape index (κ1) is 22.8. The molecule has 2 heterocycles. The summed E-state index contributed by atoms with van der Waals surface area (Å²) in [4.78, 5) is 13.8. The molecule has 0 radical (unpaired) electrons. The molecule has 2 aromatic rings. The van der Waals surface area contributed by atoms with Crippen LogP contribution in [0, 0.1) is 0 Å². The van der Waals surface area contributed by atoms with Gasteiger partial charge < -0.3 is 9.47 Å². The normalized spacial score (nSPS) is 19.5. The highest BCUT2D eigenvalue weighted by Gasteiger charge is 2.29. The third-order valence-electron chi connectivity index (χ3n) is 4.54. The predicted octanol–water partition coefficient (Wildman–Crippen LogP) is 6.90. The fourth-order valence-electron chi connectivity index (χ4n) is 2.78. The molecule has 0 bridgehead atoms. The molecular formula is C23H21ClINO3S2. The molecule has 0 N–H and O–H groups in total. The molecule has 0 spiro atoms. The molecule has 0 aliphatic carbocycles. The maximum atomic E-state index is 13.0. The molecule has 162 valence electrons. The maximum Gasteiger partial charge on any atom is 0.246 e. The van der Waals surface area contributed by atoms with E-state index in [1.165, 1.54) is 20.5 Å². The summed E-state index contributed by atoms with van der Waals surface area (Å²) in [7, 11) is 0. The Morgan fingerprint density at radius 1 is 1.16 bits per heavy atom. The first-order valence-corrected chi connectivity index (χ1v) is 14.3. The Morgan fingerprint density at radius 2 is 1.90 bits per heavy atom. The maximum absolute atomic E-state index is 13.0. The highest BCUT2D eigenvalue weighted by atomic mass is 127. The zero-order chi connectivity index (χ0) is 21.8. The molecule has 0 amide bonds. The van der Waals surface area contributed by atoms with Crippen molar-refractivity contribution in [1.82, 2.24) is 0 Å². The summed E-state index contributed by atoms with van der Waals surface area (Å²) < 4.78 is 15.6. The average Bonchev–Trinajstić information content (AvgIpc) is 2.79. The number of anilines is 1. The van der Waals surface area contributed by atoms with Gasteiger partial charge in [-0.1, -0.05) is 61.8 Å². The quantitative estimate of drug-likeness (QED) is 0.128. The van der Waals surface area contributed by atoms with Crippen LogP contribution in [0.3, 0.4) is 0 Å². The minimum Gasteiger partial charge on any atom is -0.486 e. The molecule has 1 saturated heterocycles. The first-order valence-electron chi connectivity index (χ1n) is 9.68. The number of thioether (sulfide) groups is 1. The van der Waals surface area contributed by atoms with Gasteiger partial charge in [0.25, 0.3) is 0 Å². The van der Waals surface area contributed by atoms with Crippen molar-refractivity contribution in [3.63, 3.8) is 0 Å². The molecule has 8 heteroatoms. The molecule has 1 fully saturated rings. The molecule has 0 saturated carbocycles. The molecular weight excluding hydrogens is 565 g/mol. The number of ether oxygens (including phenoxy) is 2. The summed E-state index contributed by atoms with van der Waals surface area (Å²) in [5.41, 5.74) is 3.28. The SMILES string of the molecule is C/C=C(\C)CI=C1S/C(=C\c2ccc3c(c2)OCCO3)C(=O)SN1c1ccc(Cl)cc1. The molecule has 0 unspecified atom stereocenters. The number of benzene rings is 2. The Kier molecular flexibility index (Phi) is 7.68. The van der Waals surface area contributed by atoms with Crippen molar-refractivity contribution >= 4 is 75.9 Å². The van der Waals surface area contributed by atoms with Crippen LogP contribution >= 0.6 is 56.0 Å². The van der Waals surface area contributed by atoms with Crippen molar-refractivity contribution in [2.75, 3.05) is 21.9 Å². The van der Waals surface area contributed by atoms with Gasteiger partial charge >= 0.3 is 0 Å². The zero-order valence-corrected chi connectivity index (χ0v) is 21.6. The van der Waals surface area contributed by atoms with Crippen LogP contribution in [0.25, 0.3) is 6.08 Å². The lowest BCUT2D eigenvalue weighted by atomic mass is 10.2. The monoisotopic (exact) mass is 585 g/mol. The van der Waals surface area contributed by atoms with Gasteiger partial charge in [0.1, 0.15) is 16.2 Å². The standard InChI is InChI=1S/C23H21ClINO3S2/c1-3-15(2)14-25-23-26(18-7-5-17(24)6-8-18)31-22(27)21(30-23)13-16-4-9-19-20(12-16)29-11-10-28-19/h3-9,12-13H,10-11,14H2,1-2H3/b15-3+,21-13-. The zero-order valence-electron chi connectivity index (χ0n) is 17.1. The average molecular weight is 586 g/mol. The van der Waals surface area contributed by atoms with Gasteiger partial charge in [-0.25, -0.2) is 0 Å². The van der Waals surface area contributed by atoms with Gasteiger partial charge in [0.05, 0.1) is 10.6 Å². The van der Waals surface area contributed by atoms with Crippen LogP contribution in [0.1, 0.15) is 19.4 Å². The fourth-order valence-corrected chi connectivity index (χ4v) is 8.81. The lowest BCUT2D eigenvalue weighted by molar-refractivity contribution is -0.107. The Bertz CT molecular complexity index is 1080. The number of hydrogen-bond acceptors (Lipinski definition) is 6. The van der Waals surface area contributed by atoms with Gasteiger partial charge in [0.2, 0.25) is 5.12 Å². The van der Waals surface area contributed by atoms with Crippen molar-refractivity contribution in [1.29, 1.82) is 0 Å². The van der Waals surface area contributed by atoms with Crippen molar-refractivity contribution in [2.45, 2.75) is 13.8 Å². The third kappa shape index (κ3) is 5.69. The second-order valence-electron chi connectivity index (χ2n) is 6.82. The molecule has 4 rings (SSSR count). The smallest absolute Gasteiger partial charge is 0.246 e.